The number of benzene rings is 1. The van der Waals surface area contributed by atoms with Crippen molar-refractivity contribution in [2.24, 2.45) is 0 Å². The molecule has 0 saturated carbocycles. The van der Waals surface area contributed by atoms with E-state index in [-0.39, 0.29) is 5.82 Å². The standard InChI is InChI=1S/C9H10BrFN/c1-12(2)6-7-5-8(10)3-4-9(7)11/h3-6H,1-2H3/q+1. The molecule has 0 atom stereocenters. The van der Waals surface area contributed by atoms with Gasteiger partial charge < -0.3 is 0 Å². The quantitative estimate of drug-likeness (QED) is 0.515. The molecule has 0 aromatic heterocycles. The fourth-order valence-corrected chi connectivity index (χ4v) is 1.27. The van der Waals surface area contributed by atoms with E-state index in [4.69, 9.17) is 0 Å². The molecule has 12 heavy (non-hydrogen) atoms. The van der Waals surface area contributed by atoms with Crippen LogP contribution in [0.5, 0.6) is 0 Å². The molecule has 1 aromatic carbocycles. The number of hydrogen-bond acceptors (Lipinski definition) is 0. The topological polar surface area (TPSA) is 3.01 Å². The van der Waals surface area contributed by atoms with E-state index in [1.54, 1.807) is 18.3 Å². The highest BCUT2D eigenvalue weighted by Crippen LogP contribution is 2.13. The summed E-state index contributed by atoms with van der Waals surface area (Å²) in [6.45, 7) is 0. The Hall–Kier alpha value is -0.700. The third-order valence-electron chi connectivity index (χ3n) is 1.36. The van der Waals surface area contributed by atoms with Gasteiger partial charge in [0.2, 0.25) is 0 Å². The van der Waals surface area contributed by atoms with Crippen molar-refractivity contribution in [2.45, 2.75) is 0 Å². The zero-order valence-electron chi connectivity index (χ0n) is 7.01. The van der Waals surface area contributed by atoms with Crippen LogP contribution in [0.2, 0.25) is 0 Å². The van der Waals surface area contributed by atoms with Crippen LogP contribution in [0.1, 0.15) is 5.56 Å². The van der Waals surface area contributed by atoms with Crippen LogP contribution in [0.25, 0.3) is 0 Å². The summed E-state index contributed by atoms with van der Waals surface area (Å²) in [5, 5.41) is 0. The van der Waals surface area contributed by atoms with E-state index in [0.29, 0.717) is 5.56 Å². The van der Waals surface area contributed by atoms with Crippen LogP contribution in [0.3, 0.4) is 0 Å². The van der Waals surface area contributed by atoms with Crippen molar-refractivity contribution in [3.05, 3.63) is 34.1 Å². The first-order valence-electron chi connectivity index (χ1n) is 3.56. The van der Waals surface area contributed by atoms with Gasteiger partial charge in [-0.25, -0.2) is 8.97 Å². The molecule has 0 aliphatic heterocycles. The first kappa shape index (κ1) is 9.39. The summed E-state index contributed by atoms with van der Waals surface area (Å²) in [6.07, 6.45) is 1.74. The van der Waals surface area contributed by atoms with E-state index in [0.717, 1.165) is 4.47 Å². The molecular weight excluding hydrogens is 221 g/mol. The Labute approximate surface area is 79.7 Å². The van der Waals surface area contributed by atoms with Crippen molar-refractivity contribution in [2.75, 3.05) is 14.1 Å². The summed E-state index contributed by atoms with van der Waals surface area (Å²) in [5.41, 5.74) is 0.592. The summed E-state index contributed by atoms with van der Waals surface area (Å²) < 4.78 is 15.7. The van der Waals surface area contributed by atoms with Gasteiger partial charge in [0.15, 0.2) is 6.21 Å². The zero-order valence-corrected chi connectivity index (χ0v) is 8.60. The second kappa shape index (κ2) is 3.81. The summed E-state index contributed by atoms with van der Waals surface area (Å²) >= 11 is 3.28. The maximum Gasteiger partial charge on any atom is 0.173 e. The molecule has 0 heterocycles. The second-order valence-electron chi connectivity index (χ2n) is 2.76. The minimum atomic E-state index is -0.202. The highest BCUT2D eigenvalue weighted by Gasteiger charge is 2.02. The minimum Gasteiger partial charge on any atom is -0.241 e. The van der Waals surface area contributed by atoms with Gasteiger partial charge in [-0.2, -0.15) is 0 Å². The van der Waals surface area contributed by atoms with Gasteiger partial charge in [0.05, 0.1) is 5.56 Å². The van der Waals surface area contributed by atoms with Crippen molar-refractivity contribution in [3.63, 3.8) is 0 Å². The fraction of sp³-hybridized carbons (Fsp3) is 0.222. The molecule has 1 nitrogen and oxygen atoms in total. The monoisotopic (exact) mass is 230 g/mol. The Morgan fingerprint density at radius 2 is 2.08 bits per heavy atom. The summed E-state index contributed by atoms with van der Waals surface area (Å²) in [4.78, 5) is 0. The van der Waals surface area contributed by atoms with E-state index in [2.05, 4.69) is 15.9 Å². The highest BCUT2D eigenvalue weighted by atomic mass is 79.9. The Morgan fingerprint density at radius 3 is 2.67 bits per heavy atom. The highest BCUT2D eigenvalue weighted by molar-refractivity contribution is 9.10. The molecule has 0 amide bonds. The fourth-order valence-electron chi connectivity index (χ4n) is 0.892. The predicted molar refractivity (Wildman–Crippen MR) is 51.4 cm³/mol. The van der Waals surface area contributed by atoms with Crippen molar-refractivity contribution < 1.29 is 8.97 Å². The largest absolute Gasteiger partial charge is 0.241 e. The van der Waals surface area contributed by atoms with Crippen molar-refractivity contribution in [3.8, 4) is 0 Å². The van der Waals surface area contributed by atoms with Gasteiger partial charge >= 0.3 is 0 Å². The van der Waals surface area contributed by atoms with Crippen LogP contribution in [-0.4, -0.2) is 24.9 Å². The number of rotatable bonds is 1. The van der Waals surface area contributed by atoms with Crippen LogP contribution in [0.4, 0.5) is 4.39 Å². The van der Waals surface area contributed by atoms with Gasteiger partial charge in [0.1, 0.15) is 19.9 Å². The first-order valence-corrected chi connectivity index (χ1v) is 4.35. The van der Waals surface area contributed by atoms with E-state index in [1.807, 2.05) is 18.7 Å². The molecule has 0 fully saturated rings. The molecule has 0 spiro atoms. The Kier molecular flexibility index (Phi) is 2.98. The van der Waals surface area contributed by atoms with Crippen molar-refractivity contribution >= 4 is 22.1 Å². The predicted octanol–water partition coefficient (Wildman–Crippen LogP) is 2.28. The lowest BCUT2D eigenvalue weighted by atomic mass is 10.2. The second-order valence-corrected chi connectivity index (χ2v) is 3.67. The third-order valence-corrected chi connectivity index (χ3v) is 1.85. The Balaban J connectivity index is 3.14. The van der Waals surface area contributed by atoms with Gasteiger partial charge in [-0.3, -0.25) is 0 Å². The van der Waals surface area contributed by atoms with Gasteiger partial charge in [0, 0.05) is 4.47 Å². The molecule has 0 saturated heterocycles. The minimum absolute atomic E-state index is 0.202. The molecule has 0 radical (unpaired) electrons. The number of nitrogens with zero attached hydrogens (tertiary/aromatic N) is 1. The average Bonchev–Trinajstić information content (AvgIpc) is 1.96. The molecule has 0 unspecified atom stereocenters. The molecule has 0 N–H and O–H groups in total. The van der Waals surface area contributed by atoms with E-state index in [1.165, 1.54) is 6.07 Å². The van der Waals surface area contributed by atoms with E-state index in [9.17, 15) is 4.39 Å². The Bertz CT molecular complexity index is 316. The van der Waals surface area contributed by atoms with Gasteiger partial charge in [-0.15, -0.1) is 0 Å². The average molecular weight is 231 g/mol. The SMILES string of the molecule is C[N+](C)=Cc1cc(Br)ccc1F. The number of halogens is 2. The van der Waals surface area contributed by atoms with Crippen LogP contribution in [0, 0.1) is 5.82 Å². The summed E-state index contributed by atoms with van der Waals surface area (Å²) in [6, 6.07) is 4.87. The van der Waals surface area contributed by atoms with Gasteiger partial charge in [0.25, 0.3) is 0 Å². The molecule has 1 rings (SSSR count). The lowest BCUT2D eigenvalue weighted by Crippen LogP contribution is -2.01. The van der Waals surface area contributed by atoms with Crippen LogP contribution in [-0.2, 0) is 0 Å². The van der Waals surface area contributed by atoms with Crippen molar-refractivity contribution in [1.82, 2.24) is 0 Å². The molecule has 0 aliphatic carbocycles. The molecule has 0 bridgehead atoms. The van der Waals surface area contributed by atoms with E-state index < -0.39 is 0 Å². The summed E-state index contributed by atoms with van der Waals surface area (Å²) in [5.74, 6) is -0.202. The maximum atomic E-state index is 13.1. The Morgan fingerprint density at radius 1 is 1.42 bits per heavy atom. The molecule has 3 heteroatoms. The van der Waals surface area contributed by atoms with Gasteiger partial charge in [-0.05, 0) is 18.2 Å². The number of hydrogen-bond donors (Lipinski definition) is 0. The van der Waals surface area contributed by atoms with Crippen LogP contribution >= 0.6 is 15.9 Å². The molecule has 0 aliphatic rings. The van der Waals surface area contributed by atoms with Crippen LogP contribution < -0.4 is 0 Å². The lowest BCUT2D eigenvalue weighted by molar-refractivity contribution is -0.458. The van der Waals surface area contributed by atoms with Crippen molar-refractivity contribution in [1.29, 1.82) is 0 Å². The molecular formula is C9H10BrFN+. The maximum absolute atomic E-state index is 13.1. The first-order chi connectivity index (χ1) is 5.59. The third kappa shape index (κ3) is 2.41. The smallest absolute Gasteiger partial charge is 0.173 e. The summed E-state index contributed by atoms with van der Waals surface area (Å²) in [7, 11) is 3.72. The molecule has 64 valence electrons. The van der Waals surface area contributed by atoms with Crippen LogP contribution in [0.15, 0.2) is 22.7 Å². The normalized spacial score (nSPS) is 9.67. The van der Waals surface area contributed by atoms with Gasteiger partial charge in [-0.1, -0.05) is 15.9 Å². The zero-order chi connectivity index (χ0) is 9.14. The lowest BCUT2D eigenvalue weighted by Gasteiger charge is -1.95. The molecule has 1 aromatic rings. The van der Waals surface area contributed by atoms with E-state index >= 15 is 0 Å².